The van der Waals surface area contributed by atoms with Gasteiger partial charge in [0.05, 0.1) is 18.2 Å². The number of esters is 1. The van der Waals surface area contributed by atoms with Crippen LogP contribution in [0, 0.1) is 11.8 Å². The topological polar surface area (TPSA) is 101 Å². The Morgan fingerprint density at radius 2 is 1.60 bits per heavy atom. The number of aromatic nitrogens is 1. The summed E-state index contributed by atoms with van der Waals surface area (Å²) in [6, 6.07) is 2.07. The number of carbonyl (C=O) groups excluding carboxylic acids is 3. The summed E-state index contributed by atoms with van der Waals surface area (Å²) in [6.07, 6.45) is 0.921. The van der Waals surface area contributed by atoms with Gasteiger partial charge in [-0.15, -0.1) is 11.3 Å². The van der Waals surface area contributed by atoms with Crippen molar-refractivity contribution < 1.29 is 23.5 Å². The van der Waals surface area contributed by atoms with Gasteiger partial charge in [-0.3, -0.25) is 14.5 Å². The van der Waals surface area contributed by atoms with Crippen LogP contribution in [0.1, 0.15) is 104 Å². The smallest absolute Gasteiger partial charge is 0.357 e. The highest BCUT2D eigenvalue weighted by Gasteiger charge is 2.40. The van der Waals surface area contributed by atoms with E-state index in [-0.39, 0.29) is 48.1 Å². The fraction of sp³-hybridized carbons (Fsp3) is 0.806. The maximum Gasteiger partial charge on any atom is 0.357 e. The molecule has 0 radical (unpaired) electrons. The number of carbonyl (C=O) groups is 3. The van der Waals surface area contributed by atoms with E-state index in [9.17, 15) is 14.4 Å². The average Bonchev–Trinajstić information content (AvgIpc) is 3.45. The molecule has 0 spiro atoms. The summed E-state index contributed by atoms with van der Waals surface area (Å²) in [4.78, 5) is 48.2. The second-order valence-electron chi connectivity index (χ2n) is 12.4. The Morgan fingerprint density at radius 1 is 1.02 bits per heavy atom. The van der Waals surface area contributed by atoms with E-state index in [2.05, 4.69) is 44.9 Å². The van der Waals surface area contributed by atoms with Gasteiger partial charge >= 0.3 is 5.97 Å². The van der Waals surface area contributed by atoms with Crippen LogP contribution in [0.3, 0.4) is 0 Å². The molecule has 42 heavy (non-hydrogen) atoms. The molecule has 0 aliphatic carbocycles. The van der Waals surface area contributed by atoms with E-state index in [1.165, 1.54) is 11.3 Å². The molecule has 2 amide bonds. The molecule has 1 heterocycles. The van der Waals surface area contributed by atoms with E-state index < -0.39 is 25.9 Å². The largest absolute Gasteiger partial charge is 0.461 e. The summed E-state index contributed by atoms with van der Waals surface area (Å²) in [5.41, 5.74) is -0.479. The third-order valence-corrected chi connectivity index (χ3v) is 14.7. The Labute approximate surface area is 260 Å². The van der Waals surface area contributed by atoms with Crippen molar-refractivity contribution in [2.24, 2.45) is 11.8 Å². The van der Waals surface area contributed by atoms with Crippen molar-refractivity contribution >= 4 is 37.4 Å². The lowest BCUT2D eigenvalue weighted by atomic mass is 9.92. The van der Waals surface area contributed by atoms with E-state index in [0.717, 1.165) is 29.6 Å². The quantitative estimate of drug-likeness (QED) is 0.155. The Morgan fingerprint density at radius 3 is 2.05 bits per heavy atom. The third kappa shape index (κ3) is 9.59. The van der Waals surface area contributed by atoms with Crippen LogP contribution in [0.25, 0.3) is 0 Å². The molecule has 4 atom stereocenters. The maximum atomic E-state index is 14.2. The summed E-state index contributed by atoms with van der Waals surface area (Å²) >= 11 is 1.41. The average molecular weight is 627 g/mol. The van der Waals surface area contributed by atoms with Gasteiger partial charge in [-0.25, -0.2) is 9.78 Å². The van der Waals surface area contributed by atoms with Crippen LogP contribution < -0.4 is 5.32 Å². The molecule has 0 aliphatic heterocycles. The van der Waals surface area contributed by atoms with Crippen molar-refractivity contribution in [3.8, 4) is 0 Å². The molecule has 0 aliphatic rings. The van der Waals surface area contributed by atoms with Gasteiger partial charge in [-0.1, -0.05) is 54.9 Å². The van der Waals surface area contributed by atoms with Crippen LogP contribution in [0.4, 0.5) is 0 Å². The molecular weight excluding hydrogens is 569 g/mol. The van der Waals surface area contributed by atoms with E-state index >= 15 is 0 Å². The third-order valence-electron chi connectivity index (χ3n) is 9.12. The number of nitrogens with one attached hydrogen (secondary N) is 1. The number of hydrogen-bond donors (Lipinski definition) is 1. The van der Waals surface area contributed by atoms with Gasteiger partial charge in [0.1, 0.15) is 11.0 Å². The van der Waals surface area contributed by atoms with Crippen molar-refractivity contribution in [2.75, 3.05) is 27.7 Å². The molecule has 11 heteroatoms. The minimum absolute atomic E-state index is 0.0480. The molecular formula is C31H58N4O5SSi. The lowest BCUT2D eigenvalue weighted by Crippen LogP contribution is -2.60. The molecule has 242 valence electrons. The normalized spacial score (nSPS) is 15.3. The number of likely N-dealkylation sites (N-methyl/N-ethyl adjacent to an activating group) is 2. The van der Waals surface area contributed by atoms with E-state index in [0.29, 0.717) is 6.42 Å². The highest BCUT2D eigenvalue weighted by atomic mass is 32.1. The van der Waals surface area contributed by atoms with Crippen LogP contribution in [0.5, 0.6) is 0 Å². The molecule has 1 aromatic heterocycles. The Hall–Kier alpha value is -1.82. The Kier molecular flexibility index (Phi) is 15.3. The Bertz CT molecular complexity index is 1000. The van der Waals surface area contributed by atoms with E-state index in [1.807, 2.05) is 53.7 Å². The van der Waals surface area contributed by atoms with Crippen LogP contribution in [-0.2, 0) is 18.8 Å². The van der Waals surface area contributed by atoms with Gasteiger partial charge in [0.25, 0.3) is 0 Å². The minimum Gasteiger partial charge on any atom is -0.461 e. The summed E-state index contributed by atoms with van der Waals surface area (Å²) in [7, 11) is 3.48. The van der Waals surface area contributed by atoms with Gasteiger partial charge in [-0.2, -0.15) is 0 Å². The Balaban J connectivity index is 3.47. The first-order valence-corrected chi connectivity index (χ1v) is 19.0. The number of hydrogen-bond acceptors (Lipinski definition) is 8. The molecule has 1 rings (SSSR count). The number of ether oxygens (including phenoxy) is 1. The zero-order chi connectivity index (χ0) is 32.4. The summed E-state index contributed by atoms with van der Waals surface area (Å²) in [5.74, 6) is -0.666. The van der Waals surface area contributed by atoms with Crippen molar-refractivity contribution in [3.05, 3.63) is 16.1 Å². The number of thiazole rings is 1. The second kappa shape index (κ2) is 16.9. The summed E-state index contributed by atoms with van der Waals surface area (Å²) < 4.78 is 12.2. The lowest BCUT2D eigenvalue weighted by Gasteiger charge is -2.40. The maximum absolute atomic E-state index is 14.2. The molecule has 0 saturated carbocycles. The van der Waals surface area contributed by atoms with Crippen LogP contribution in [0.15, 0.2) is 5.38 Å². The first-order valence-electron chi connectivity index (χ1n) is 15.6. The molecule has 1 aromatic rings. The fourth-order valence-electron chi connectivity index (χ4n) is 4.92. The van der Waals surface area contributed by atoms with Crippen molar-refractivity contribution in [1.82, 2.24) is 20.1 Å². The first kappa shape index (κ1) is 38.2. The van der Waals surface area contributed by atoms with Gasteiger partial charge < -0.3 is 19.4 Å². The molecule has 0 bridgehead atoms. The van der Waals surface area contributed by atoms with Gasteiger partial charge in [0, 0.05) is 18.5 Å². The van der Waals surface area contributed by atoms with Gasteiger partial charge in [-0.05, 0) is 71.3 Å². The van der Waals surface area contributed by atoms with Gasteiger partial charge in [0.15, 0.2) is 14.0 Å². The second-order valence-corrected chi connectivity index (χ2v) is 18.0. The lowest BCUT2D eigenvalue weighted by molar-refractivity contribution is -0.142. The standard InChI is InChI=1S/C31H58N4O5SSi/c1-14-22(8)26(33-30(38)31(9,10)34(11)12)28(36)35(13)24(21(6)7)19-25(40-42(16-3,17-4)18-5)27-32-23(20-41-27)29(37)39-15-2/h20-22,24-26H,14-19H2,1-13H3,(H,33,38)/t22-,24+,25+,26-/m0/s1. The predicted molar refractivity (Wildman–Crippen MR) is 174 cm³/mol. The SMILES string of the molecule is CCOC(=O)c1csc([C@@H](C[C@H](C(C)C)N(C)C(=O)[C@@H](NC(=O)C(C)(C)N(C)C)[C@@H](C)CC)O[Si](CC)(CC)CC)n1. The molecule has 1 N–H and O–H groups in total. The molecule has 0 saturated heterocycles. The van der Waals surface area contributed by atoms with Crippen molar-refractivity contribution in [3.63, 3.8) is 0 Å². The highest BCUT2D eigenvalue weighted by molar-refractivity contribution is 7.09. The molecule has 0 aromatic carbocycles. The zero-order valence-electron chi connectivity index (χ0n) is 28.5. The van der Waals surface area contributed by atoms with Crippen LogP contribution in [-0.4, -0.2) is 86.3 Å². The predicted octanol–water partition coefficient (Wildman–Crippen LogP) is 6.13. The summed E-state index contributed by atoms with van der Waals surface area (Å²) in [5, 5.41) is 5.55. The molecule has 0 unspecified atom stereocenters. The highest BCUT2D eigenvalue weighted by Crippen LogP contribution is 2.36. The van der Waals surface area contributed by atoms with Crippen molar-refractivity contribution in [1.29, 1.82) is 0 Å². The van der Waals surface area contributed by atoms with E-state index in [4.69, 9.17) is 9.16 Å². The number of amides is 2. The fourth-order valence-corrected chi connectivity index (χ4v) is 8.64. The van der Waals surface area contributed by atoms with Crippen LogP contribution in [0.2, 0.25) is 18.1 Å². The monoisotopic (exact) mass is 626 g/mol. The first-order chi connectivity index (χ1) is 19.5. The van der Waals surface area contributed by atoms with Crippen molar-refractivity contribution in [2.45, 2.75) is 124 Å². The minimum atomic E-state index is -2.07. The van der Waals surface area contributed by atoms with Crippen LogP contribution >= 0.6 is 11.3 Å². The summed E-state index contributed by atoms with van der Waals surface area (Å²) in [6.45, 7) is 20.6. The van der Waals surface area contributed by atoms with Gasteiger partial charge in [0.2, 0.25) is 11.8 Å². The zero-order valence-corrected chi connectivity index (χ0v) is 30.3. The molecule has 9 nitrogen and oxygen atoms in total. The molecule has 0 fully saturated rings. The van der Waals surface area contributed by atoms with E-state index in [1.54, 1.807) is 17.2 Å². The number of nitrogens with zero attached hydrogens (tertiary/aromatic N) is 3. The number of rotatable bonds is 18.